The zero-order valence-corrected chi connectivity index (χ0v) is 12.2. The van der Waals surface area contributed by atoms with Crippen LogP contribution in [0.25, 0.3) is 0 Å². The van der Waals surface area contributed by atoms with Crippen molar-refractivity contribution in [1.82, 2.24) is 5.43 Å². The molecule has 1 aromatic heterocycles. The highest BCUT2D eigenvalue weighted by atomic mass is 35.5. The first kappa shape index (κ1) is 13.1. The van der Waals surface area contributed by atoms with Gasteiger partial charge in [-0.15, -0.1) is 11.3 Å². The molecule has 1 atom stereocenters. The molecule has 0 saturated heterocycles. The molecular formula is C15H17ClN2S. The van der Waals surface area contributed by atoms with Crippen LogP contribution in [0, 0.1) is 0 Å². The van der Waals surface area contributed by atoms with Crippen LogP contribution in [0.5, 0.6) is 0 Å². The zero-order chi connectivity index (χ0) is 13.2. The van der Waals surface area contributed by atoms with Crippen LogP contribution in [-0.4, -0.2) is 0 Å². The van der Waals surface area contributed by atoms with Gasteiger partial charge in [-0.1, -0.05) is 42.3 Å². The van der Waals surface area contributed by atoms with E-state index in [4.69, 9.17) is 17.4 Å². The largest absolute Gasteiger partial charge is 0.271 e. The van der Waals surface area contributed by atoms with Gasteiger partial charge in [0.25, 0.3) is 0 Å². The Morgan fingerprint density at radius 3 is 2.63 bits per heavy atom. The SMILES string of the molecule is NNC(c1ccccc1C1CCC1)c1sccc1Cl. The van der Waals surface area contributed by atoms with Crippen LogP contribution in [0.4, 0.5) is 0 Å². The number of benzene rings is 1. The van der Waals surface area contributed by atoms with Crippen molar-refractivity contribution < 1.29 is 0 Å². The molecule has 1 heterocycles. The molecule has 1 unspecified atom stereocenters. The summed E-state index contributed by atoms with van der Waals surface area (Å²) in [6.45, 7) is 0. The molecule has 1 aromatic carbocycles. The van der Waals surface area contributed by atoms with Crippen LogP contribution >= 0.6 is 22.9 Å². The molecule has 2 aromatic rings. The summed E-state index contributed by atoms with van der Waals surface area (Å²) < 4.78 is 0. The molecule has 0 amide bonds. The summed E-state index contributed by atoms with van der Waals surface area (Å²) in [5.74, 6) is 6.48. The average Bonchev–Trinajstić information content (AvgIpc) is 2.77. The summed E-state index contributed by atoms with van der Waals surface area (Å²) >= 11 is 7.91. The Hall–Kier alpha value is -0.870. The Balaban J connectivity index is 2.02. The van der Waals surface area contributed by atoms with E-state index in [2.05, 4.69) is 29.7 Å². The second kappa shape index (κ2) is 5.63. The maximum absolute atomic E-state index is 6.26. The number of rotatable bonds is 4. The van der Waals surface area contributed by atoms with Gasteiger partial charge in [0, 0.05) is 4.88 Å². The first-order chi connectivity index (χ1) is 9.31. The standard InChI is InChI=1S/C15H17ClN2S/c16-13-8-9-19-15(13)14(18-17)12-7-2-1-6-11(12)10-4-3-5-10/h1-2,6-10,14,18H,3-5,17H2. The van der Waals surface area contributed by atoms with Gasteiger partial charge in [0.2, 0.25) is 0 Å². The third-order valence-corrected chi connectivity index (χ3v) is 5.35. The van der Waals surface area contributed by atoms with Gasteiger partial charge in [-0.3, -0.25) is 5.84 Å². The van der Waals surface area contributed by atoms with E-state index < -0.39 is 0 Å². The van der Waals surface area contributed by atoms with Crippen molar-refractivity contribution in [2.45, 2.75) is 31.2 Å². The van der Waals surface area contributed by atoms with Gasteiger partial charge in [0.1, 0.15) is 0 Å². The van der Waals surface area contributed by atoms with Crippen LogP contribution in [0.2, 0.25) is 5.02 Å². The van der Waals surface area contributed by atoms with Crippen LogP contribution in [0.15, 0.2) is 35.7 Å². The summed E-state index contributed by atoms with van der Waals surface area (Å²) in [7, 11) is 0. The first-order valence-corrected chi connectivity index (χ1v) is 7.85. The third kappa shape index (κ3) is 2.43. The smallest absolute Gasteiger partial charge is 0.0820 e. The second-order valence-electron chi connectivity index (χ2n) is 4.99. The molecule has 3 N–H and O–H groups in total. The maximum atomic E-state index is 6.26. The van der Waals surface area contributed by atoms with Crippen molar-refractivity contribution in [2.75, 3.05) is 0 Å². The number of hydrogen-bond donors (Lipinski definition) is 2. The van der Waals surface area contributed by atoms with E-state index in [9.17, 15) is 0 Å². The number of nitrogens with one attached hydrogen (secondary N) is 1. The first-order valence-electron chi connectivity index (χ1n) is 6.59. The fourth-order valence-electron chi connectivity index (χ4n) is 2.68. The van der Waals surface area contributed by atoms with Crippen molar-refractivity contribution in [1.29, 1.82) is 0 Å². The summed E-state index contributed by atoms with van der Waals surface area (Å²) in [5, 5.41) is 2.80. The summed E-state index contributed by atoms with van der Waals surface area (Å²) in [4.78, 5) is 1.09. The summed E-state index contributed by atoms with van der Waals surface area (Å²) in [5.41, 5.74) is 5.61. The lowest BCUT2D eigenvalue weighted by Gasteiger charge is -2.30. The van der Waals surface area contributed by atoms with E-state index in [0.29, 0.717) is 5.92 Å². The van der Waals surface area contributed by atoms with E-state index in [-0.39, 0.29) is 6.04 Å². The van der Waals surface area contributed by atoms with E-state index in [1.165, 1.54) is 30.4 Å². The van der Waals surface area contributed by atoms with E-state index >= 15 is 0 Å². The van der Waals surface area contributed by atoms with Gasteiger partial charge < -0.3 is 0 Å². The highest BCUT2D eigenvalue weighted by Crippen LogP contribution is 2.42. The van der Waals surface area contributed by atoms with E-state index in [1.54, 1.807) is 11.3 Å². The minimum atomic E-state index is -0.00991. The number of nitrogens with two attached hydrogens (primary N) is 1. The number of hydrogen-bond acceptors (Lipinski definition) is 3. The molecule has 19 heavy (non-hydrogen) atoms. The molecule has 1 saturated carbocycles. The highest BCUT2D eigenvalue weighted by Gasteiger charge is 2.26. The summed E-state index contributed by atoms with van der Waals surface area (Å²) in [6.07, 6.45) is 3.90. The van der Waals surface area contributed by atoms with Gasteiger partial charge in [0.05, 0.1) is 11.1 Å². The Morgan fingerprint density at radius 2 is 2.05 bits per heavy atom. The molecule has 1 fully saturated rings. The number of hydrazine groups is 1. The van der Waals surface area contributed by atoms with Gasteiger partial charge in [-0.2, -0.15) is 0 Å². The fraction of sp³-hybridized carbons (Fsp3) is 0.333. The lowest BCUT2D eigenvalue weighted by atomic mass is 9.77. The Morgan fingerprint density at radius 1 is 1.26 bits per heavy atom. The molecule has 1 aliphatic carbocycles. The molecule has 2 nitrogen and oxygen atoms in total. The Labute approximate surface area is 122 Å². The van der Waals surface area contributed by atoms with Crippen molar-refractivity contribution in [3.63, 3.8) is 0 Å². The van der Waals surface area contributed by atoms with Crippen molar-refractivity contribution in [3.05, 3.63) is 56.7 Å². The van der Waals surface area contributed by atoms with Crippen molar-refractivity contribution >= 4 is 22.9 Å². The minimum Gasteiger partial charge on any atom is -0.271 e. The number of halogens is 1. The van der Waals surface area contributed by atoms with Gasteiger partial charge in [-0.25, -0.2) is 5.43 Å². The monoisotopic (exact) mass is 292 g/mol. The quantitative estimate of drug-likeness (QED) is 0.654. The topological polar surface area (TPSA) is 38.0 Å². The normalized spacial score (nSPS) is 17.2. The molecular weight excluding hydrogens is 276 g/mol. The van der Waals surface area contributed by atoms with Gasteiger partial charge in [-0.05, 0) is 41.3 Å². The van der Waals surface area contributed by atoms with Crippen LogP contribution in [0.1, 0.15) is 47.2 Å². The Kier molecular flexibility index (Phi) is 3.89. The molecule has 0 bridgehead atoms. The fourth-order valence-corrected chi connectivity index (χ4v) is 3.93. The zero-order valence-electron chi connectivity index (χ0n) is 10.6. The lowest BCUT2D eigenvalue weighted by Crippen LogP contribution is -2.30. The van der Waals surface area contributed by atoms with Gasteiger partial charge in [0.15, 0.2) is 0 Å². The second-order valence-corrected chi connectivity index (χ2v) is 6.34. The predicted octanol–water partition coefficient (Wildman–Crippen LogP) is 4.22. The van der Waals surface area contributed by atoms with E-state index in [0.717, 1.165) is 9.90 Å². The molecule has 100 valence electrons. The minimum absolute atomic E-state index is 0.00991. The van der Waals surface area contributed by atoms with Crippen molar-refractivity contribution in [3.8, 4) is 0 Å². The third-order valence-electron chi connectivity index (χ3n) is 3.93. The molecule has 0 radical (unpaired) electrons. The predicted molar refractivity (Wildman–Crippen MR) is 81.5 cm³/mol. The average molecular weight is 293 g/mol. The molecule has 0 spiro atoms. The van der Waals surface area contributed by atoms with Crippen LogP contribution in [0.3, 0.4) is 0 Å². The maximum Gasteiger partial charge on any atom is 0.0820 e. The number of thiophene rings is 1. The lowest BCUT2D eigenvalue weighted by molar-refractivity contribution is 0.414. The molecule has 0 aliphatic heterocycles. The van der Waals surface area contributed by atoms with Crippen molar-refractivity contribution in [2.24, 2.45) is 5.84 Å². The summed E-state index contributed by atoms with van der Waals surface area (Å²) in [6, 6.07) is 10.5. The molecule has 4 heteroatoms. The van der Waals surface area contributed by atoms with Crippen LogP contribution in [-0.2, 0) is 0 Å². The van der Waals surface area contributed by atoms with E-state index in [1.807, 2.05) is 11.4 Å². The Bertz CT molecular complexity index is 563. The van der Waals surface area contributed by atoms with Crippen LogP contribution < -0.4 is 11.3 Å². The highest BCUT2D eigenvalue weighted by molar-refractivity contribution is 7.10. The van der Waals surface area contributed by atoms with Gasteiger partial charge >= 0.3 is 0 Å². The molecule has 3 rings (SSSR count). The molecule has 1 aliphatic rings.